The third kappa shape index (κ3) is 4.72. The second-order valence-electron chi connectivity index (χ2n) is 7.14. The number of rotatable bonds is 4. The fourth-order valence-electron chi connectivity index (χ4n) is 3.81. The highest BCUT2D eigenvalue weighted by Gasteiger charge is 2.25. The SMILES string of the molecule is CN=C(NCC1CCCN(C)C1)NCC1CC(=O)Nc2ccccc21. The van der Waals surface area contributed by atoms with Crippen molar-refractivity contribution in [3.8, 4) is 0 Å². The molecule has 3 N–H and O–H groups in total. The van der Waals surface area contributed by atoms with Crippen molar-refractivity contribution < 1.29 is 4.79 Å². The molecule has 0 spiro atoms. The topological polar surface area (TPSA) is 68.8 Å². The predicted molar refractivity (Wildman–Crippen MR) is 102 cm³/mol. The summed E-state index contributed by atoms with van der Waals surface area (Å²) in [7, 11) is 3.98. The normalized spacial score (nSPS) is 24.4. The zero-order valence-electron chi connectivity index (χ0n) is 15.2. The zero-order valence-corrected chi connectivity index (χ0v) is 15.2. The van der Waals surface area contributed by atoms with Gasteiger partial charge in [-0.1, -0.05) is 18.2 Å². The molecule has 2 heterocycles. The van der Waals surface area contributed by atoms with Gasteiger partial charge in [0.1, 0.15) is 0 Å². The lowest BCUT2D eigenvalue weighted by atomic mass is 9.90. The number of nitrogens with one attached hydrogen (secondary N) is 3. The molecule has 0 saturated carbocycles. The Morgan fingerprint density at radius 1 is 1.32 bits per heavy atom. The highest BCUT2D eigenvalue weighted by molar-refractivity contribution is 5.94. The van der Waals surface area contributed by atoms with Gasteiger partial charge in [0.05, 0.1) is 0 Å². The molecule has 2 unspecified atom stereocenters. The zero-order chi connectivity index (χ0) is 17.6. The summed E-state index contributed by atoms with van der Waals surface area (Å²) in [5.74, 6) is 1.73. The minimum Gasteiger partial charge on any atom is -0.356 e. The van der Waals surface area contributed by atoms with Crippen LogP contribution < -0.4 is 16.0 Å². The molecule has 2 aliphatic rings. The van der Waals surface area contributed by atoms with Gasteiger partial charge in [-0.15, -0.1) is 0 Å². The van der Waals surface area contributed by atoms with Gasteiger partial charge in [0.25, 0.3) is 0 Å². The Morgan fingerprint density at radius 3 is 2.92 bits per heavy atom. The Balaban J connectivity index is 1.52. The fraction of sp³-hybridized carbons (Fsp3) is 0.579. The predicted octanol–water partition coefficient (Wildman–Crippen LogP) is 1.62. The van der Waals surface area contributed by atoms with E-state index in [1.807, 2.05) is 18.2 Å². The van der Waals surface area contributed by atoms with Crippen LogP contribution in [0.2, 0.25) is 0 Å². The Labute approximate surface area is 150 Å². The summed E-state index contributed by atoms with van der Waals surface area (Å²) in [5.41, 5.74) is 2.12. The first-order valence-electron chi connectivity index (χ1n) is 9.17. The lowest BCUT2D eigenvalue weighted by Gasteiger charge is -2.30. The van der Waals surface area contributed by atoms with Crippen LogP contribution in [0.1, 0.15) is 30.7 Å². The van der Waals surface area contributed by atoms with E-state index in [0.717, 1.165) is 24.7 Å². The molecule has 2 aliphatic heterocycles. The molecule has 1 aromatic rings. The van der Waals surface area contributed by atoms with E-state index >= 15 is 0 Å². The minimum atomic E-state index is 0.0821. The molecule has 1 amide bonds. The molecular weight excluding hydrogens is 314 g/mol. The maximum atomic E-state index is 11.9. The van der Waals surface area contributed by atoms with Crippen LogP contribution in [0.4, 0.5) is 5.69 Å². The lowest BCUT2D eigenvalue weighted by molar-refractivity contribution is -0.116. The molecule has 6 nitrogen and oxygen atoms in total. The molecule has 6 heteroatoms. The number of anilines is 1. The van der Waals surface area contributed by atoms with Crippen LogP contribution in [0.3, 0.4) is 0 Å². The summed E-state index contributed by atoms with van der Waals surface area (Å²) < 4.78 is 0. The monoisotopic (exact) mass is 343 g/mol. The summed E-state index contributed by atoms with van der Waals surface area (Å²) in [6, 6.07) is 8.04. The number of para-hydroxylation sites is 1. The summed E-state index contributed by atoms with van der Waals surface area (Å²) in [4.78, 5) is 18.6. The van der Waals surface area contributed by atoms with Crippen molar-refractivity contribution in [3.63, 3.8) is 0 Å². The summed E-state index contributed by atoms with van der Waals surface area (Å²) in [6.45, 7) is 3.98. The number of guanidine groups is 1. The minimum absolute atomic E-state index is 0.0821. The highest BCUT2D eigenvalue weighted by Crippen LogP contribution is 2.31. The molecule has 0 bridgehead atoms. The number of aliphatic imine (C=N–C) groups is 1. The summed E-state index contributed by atoms with van der Waals surface area (Å²) in [6.07, 6.45) is 3.04. The number of fused-ring (bicyclic) bond motifs is 1. The van der Waals surface area contributed by atoms with E-state index in [-0.39, 0.29) is 11.8 Å². The lowest BCUT2D eigenvalue weighted by Crippen LogP contribution is -2.45. The van der Waals surface area contributed by atoms with E-state index in [4.69, 9.17) is 0 Å². The number of likely N-dealkylation sites (tertiary alicyclic amines) is 1. The summed E-state index contributed by atoms with van der Waals surface area (Å²) in [5, 5.41) is 9.79. The number of nitrogens with zero attached hydrogens (tertiary/aromatic N) is 2. The molecule has 1 fully saturated rings. The van der Waals surface area contributed by atoms with Crippen molar-refractivity contribution in [2.75, 3.05) is 45.6 Å². The number of carbonyl (C=O) groups excluding carboxylic acids is 1. The molecule has 0 radical (unpaired) electrons. The van der Waals surface area contributed by atoms with E-state index < -0.39 is 0 Å². The van der Waals surface area contributed by atoms with Gasteiger partial charge in [-0.2, -0.15) is 0 Å². The van der Waals surface area contributed by atoms with Gasteiger partial charge in [-0.3, -0.25) is 9.79 Å². The maximum absolute atomic E-state index is 11.9. The quantitative estimate of drug-likeness (QED) is 0.574. The second-order valence-corrected chi connectivity index (χ2v) is 7.14. The van der Waals surface area contributed by atoms with Gasteiger partial charge in [0, 0.05) is 44.7 Å². The molecule has 0 aromatic heterocycles. The second kappa shape index (κ2) is 8.34. The molecule has 1 saturated heterocycles. The van der Waals surface area contributed by atoms with Gasteiger partial charge in [-0.25, -0.2) is 0 Å². The van der Waals surface area contributed by atoms with E-state index in [1.54, 1.807) is 7.05 Å². The van der Waals surface area contributed by atoms with Crippen molar-refractivity contribution in [1.29, 1.82) is 0 Å². The number of carbonyl (C=O) groups is 1. The standard InChI is InChI=1S/C19H29N5O/c1-20-19(21-11-14-6-5-9-24(2)13-14)22-12-15-10-18(25)23-17-8-4-3-7-16(15)17/h3-4,7-8,14-15H,5-6,9-13H2,1-2H3,(H,23,25)(H2,20,21,22). The van der Waals surface area contributed by atoms with Crippen LogP contribution >= 0.6 is 0 Å². The fourth-order valence-corrected chi connectivity index (χ4v) is 3.81. The van der Waals surface area contributed by atoms with Crippen LogP contribution in [-0.2, 0) is 4.79 Å². The van der Waals surface area contributed by atoms with Gasteiger partial charge in [0.15, 0.2) is 5.96 Å². The summed E-state index contributed by atoms with van der Waals surface area (Å²) >= 11 is 0. The molecule has 3 rings (SSSR count). The van der Waals surface area contributed by atoms with Gasteiger partial charge < -0.3 is 20.9 Å². The first-order valence-corrected chi connectivity index (χ1v) is 9.17. The Bertz CT molecular complexity index is 630. The van der Waals surface area contributed by atoms with Crippen molar-refractivity contribution in [2.24, 2.45) is 10.9 Å². The Morgan fingerprint density at radius 2 is 2.12 bits per heavy atom. The number of hydrogen-bond acceptors (Lipinski definition) is 3. The molecule has 1 aromatic carbocycles. The third-order valence-corrected chi connectivity index (χ3v) is 5.13. The third-order valence-electron chi connectivity index (χ3n) is 5.13. The van der Waals surface area contributed by atoms with Gasteiger partial charge in [0.2, 0.25) is 5.91 Å². The Kier molecular flexibility index (Phi) is 5.91. The Hall–Kier alpha value is -2.08. The van der Waals surface area contributed by atoms with E-state index in [2.05, 4.69) is 39.0 Å². The average Bonchev–Trinajstić information content (AvgIpc) is 2.61. The average molecular weight is 343 g/mol. The van der Waals surface area contributed by atoms with Crippen LogP contribution in [0, 0.1) is 5.92 Å². The molecule has 25 heavy (non-hydrogen) atoms. The largest absolute Gasteiger partial charge is 0.356 e. The van der Waals surface area contributed by atoms with Crippen LogP contribution in [0.25, 0.3) is 0 Å². The van der Waals surface area contributed by atoms with Crippen molar-refractivity contribution >= 4 is 17.6 Å². The van der Waals surface area contributed by atoms with Gasteiger partial charge in [-0.05, 0) is 44.0 Å². The maximum Gasteiger partial charge on any atom is 0.225 e. The van der Waals surface area contributed by atoms with Crippen molar-refractivity contribution in [1.82, 2.24) is 15.5 Å². The number of benzene rings is 1. The molecule has 2 atom stereocenters. The first kappa shape index (κ1) is 17.7. The smallest absolute Gasteiger partial charge is 0.225 e. The number of hydrogen-bond donors (Lipinski definition) is 3. The number of piperidine rings is 1. The van der Waals surface area contributed by atoms with Crippen molar-refractivity contribution in [2.45, 2.75) is 25.2 Å². The number of amides is 1. The highest BCUT2D eigenvalue weighted by atomic mass is 16.1. The van der Waals surface area contributed by atoms with Crippen LogP contribution in [0.5, 0.6) is 0 Å². The van der Waals surface area contributed by atoms with Gasteiger partial charge >= 0.3 is 0 Å². The molecular formula is C19H29N5O. The molecule has 0 aliphatic carbocycles. The van der Waals surface area contributed by atoms with Crippen molar-refractivity contribution in [3.05, 3.63) is 29.8 Å². The van der Waals surface area contributed by atoms with E-state index in [9.17, 15) is 4.79 Å². The molecule has 136 valence electrons. The van der Waals surface area contributed by atoms with Crippen LogP contribution in [-0.4, -0.2) is 57.0 Å². The first-order chi connectivity index (χ1) is 12.2. The van der Waals surface area contributed by atoms with E-state index in [1.165, 1.54) is 24.9 Å². The van der Waals surface area contributed by atoms with E-state index in [0.29, 0.717) is 18.9 Å². The van der Waals surface area contributed by atoms with Crippen LogP contribution in [0.15, 0.2) is 29.3 Å².